The van der Waals surface area contributed by atoms with Crippen LogP contribution in [0.3, 0.4) is 0 Å². The van der Waals surface area contributed by atoms with Crippen LogP contribution in [0, 0.1) is 0 Å². The standard InChI is InChI=1S/C24H22N2O4S/c1-3-29-19-11-9-18(10-12-19)20-14-31-22-21(20)23(27)26(15-25-22)16(2)24(28)30-13-17-7-5-4-6-8-17/h4-12,14-16H,3,13H2,1-2H3. The molecular weight excluding hydrogens is 412 g/mol. The van der Waals surface area contributed by atoms with Gasteiger partial charge in [-0.2, -0.15) is 0 Å². The lowest BCUT2D eigenvalue weighted by molar-refractivity contribution is -0.148. The van der Waals surface area contributed by atoms with Crippen molar-refractivity contribution < 1.29 is 14.3 Å². The van der Waals surface area contributed by atoms with E-state index in [9.17, 15) is 9.59 Å². The molecule has 0 N–H and O–H groups in total. The second kappa shape index (κ2) is 9.14. The van der Waals surface area contributed by atoms with Crippen molar-refractivity contribution in [3.05, 3.63) is 82.2 Å². The number of aromatic nitrogens is 2. The molecule has 2 aromatic carbocycles. The van der Waals surface area contributed by atoms with Gasteiger partial charge in [-0.1, -0.05) is 42.5 Å². The van der Waals surface area contributed by atoms with Crippen molar-refractivity contribution in [2.75, 3.05) is 6.61 Å². The van der Waals surface area contributed by atoms with Gasteiger partial charge in [-0.3, -0.25) is 9.36 Å². The zero-order chi connectivity index (χ0) is 21.8. The number of thiophene rings is 1. The molecule has 2 aromatic heterocycles. The summed E-state index contributed by atoms with van der Waals surface area (Å²) in [4.78, 5) is 30.9. The van der Waals surface area contributed by atoms with Gasteiger partial charge in [-0.15, -0.1) is 11.3 Å². The van der Waals surface area contributed by atoms with E-state index in [0.717, 1.165) is 22.4 Å². The van der Waals surface area contributed by atoms with E-state index in [2.05, 4.69) is 4.98 Å². The summed E-state index contributed by atoms with van der Waals surface area (Å²) < 4.78 is 12.2. The van der Waals surface area contributed by atoms with Crippen LogP contribution in [0.4, 0.5) is 0 Å². The first-order valence-corrected chi connectivity index (χ1v) is 10.9. The molecule has 6 nitrogen and oxygen atoms in total. The van der Waals surface area contributed by atoms with E-state index >= 15 is 0 Å². The Morgan fingerprint density at radius 2 is 1.87 bits per heavy atom. The van der Waals surface area contributed by atoms with Gasteiger partial charge in [-0.25, -0.2) is 9.78 Å². The minimum atomic E-state index is -0.791. The van der Waals surface area contributed by atoms with Crippen LogP contribution in [-0.4, -0.2) is 22.1 Å². The summed E-state index contributed by atoms with van der Waals surface area (Å²) in [6.07, 6.45) is 1.41. The Kier molecular flexibility index (Phi) is 6.13. The first kappa shape index (κ1) is 20.8. The van der Waals surface area contributed by atoms with Crippen LogP contribution >= 0.6 is 11.3 Å². The first-order chi connectivity index (χ1) is 15.1. The molecule has 0 radical (unpaired) electrons. The largest absolute Gasteiger partial charge is 0.494 e. The van der Waals surface area contributed by atoms with Gasteiger partial charge in [0.05, 0.1) is 18.3 Å². The van der Waals surface area contributed by atoms with Gasteiger partial charge in [0.15, 0.2) is 0 Å². The van der Waals surface area contributed by atoms with E-state index in [1.165, 1.54) is 22.2 Å². The van der Waals surface area contributed by atoms with Crippen molar-refractivity contribution in [2.24, 2.45) is 0 Å². The Morgan fingerprint density at radius 1 is 1.13 bits per heavy atom. The fourth-order valence-corrected chi connectivity index (χ4v) is 4.20. The van der Waals surface area contributed by atoms with Crippen molar-refractivity contribution in [3.63, 3.8) is 0 Å². The van der Waals surface area contributed by atoms with Gasteiger partial charge < -0.3 is 9.47 Å². The van der Waals surface area contributed by atoms with Crippen molar-refractivity contribution in [1.29, 1.82) is 0 Å². The Balaban J connectivity index is 1.62. The average molecular weight is 435 g/mol. The lowest BCUT2D eigenvalue weighted by atomic mass is 10.1. The average Bonchev–Trinajstić information content (AvgIpc) is 3.24. The maximum absolute atomic E-state index is 13.3. The molecule has 1 unspecified atom stereocenters. The summed E-state index contributed by atoms with van der Waals surface area (Å²) in [5.41, 5.74) is 2.31. The Bertz CT molecular complexity index is 1250. The second-order valence-electron chi connectivity index (χ2n) is 7.01. The number of nitrogens with zero attached hydrogens (tertiary/aromatic N) is 2. The third-order valence-corrected chi connectivity index (χ3v) is 5.86. The third-order valence-electron chi connectivity index (χ3n) is 4.98. The number of esters is 1. The van der Waals surface area contributed by atoms with Crippen LogP contribution in [0.5, 0.6) is 5.75 Å². The maximum atomic E-state index is 13.3. The van der Waals surface area contributed by atoms with Crippen LogP contribution in [0.15, 0.2) is 71.1 Å². The number of rotatable bonds is 7. The number of ether oxygens (including phenoxy) is 2. The zero-order valence-corrected chi connectivity index (χ0v) is 18.1. The van der Waals surface area contributed by atoms with Crippen molar-refractivity contribution >= 4 is 27.5 Å². The molecule has 0 fully saturated rings. The van der Waals surface area contributed by atoms with Gasteiger partial charge in [0.1, 0.15) is 23.2 Å². The normalized spacial score (nSPS) is 11.9. The smallest absolute Gasteiger partial charge is 0.329 e. The summed E-state index contributed by atoms with van der Waals surface area (Å²) in [5.74, 6) is 0.293. The van der Waals surface area contributed by atoms with Crippen LogP contribution in [-0.2, 0) is 16.1 Å². The van der Waals surface area contributed by atoms with Crippen molar-refractivity contribution in [1.82, 2.24) is 9.55 Å². The number of hydrogen-bond donors (Lipinski definition) is 0. The Hall–Kier alpha value is -3.45. The van der Waals surface area contributed by atoms with Crippen molar-refractivity contribution in [3.8, 4) is 16.9 Å². The number of benzene rings is 2. The molecule has 0 saturated carbocycles. The summed E-state index contributed by atoms with van der Waals surface area (Å²) in [6.45, 7) is 4.32. The molecule has 4 aromatic rings. The molecule has 0 spiro atoms. The molecule has 4 rings (SSSR count). The lowest BCUT2D eigenvalue weighted by Crippen LogP contribution is -2.29. The van der Waals surface area contributed by atoms with Crippen LogP contribution in [0.25, 0.3) is 21.3 Å². The van der Waals surface area contributed by atoms with E-state index < -0.39 is 12.0 Å². The summed E-state index contributed by atoms with van der Waals surface area (Å²) >= 11 is 1.40. The molecule has 0 amide bonds. The molecule has 0 saturated heterocycles. The van der Waals surface area contributed by atoms with E-state index in [1.807, 2.05) is 66.9 Å². The molecule has 2 heterocycles. The minimum Gasteiger partial charge on any atom is -0.494 e. The fraction of sp³-hybridized carbons (Fsp3) is 0.208. The highest BCUT2D eigenvalue weighted by Crippen LogP contribution is 2.32. The monoisotopic (exact) mass is 434 g/mol. The van der Waals surface area contributed by atoms with Gasteiger partial charge in [0, 0.05) is 10.9 Å². The van der Waals surface area contributed by atoms with Gasteiger partial charge in [0.2, 0.25) is 0 Å². The molecule has 0 aliphatic heterocycles. The van der Waals surface area contributed by atoms with Crippen molar-refractivity contribution in [2.45, 2.75) is 26.5 Å². The maximum Gasteiger partial charge on any atom is 0.329 e. The molecule has 0 aliphatic carbocycles. The summed E-state index contributed by atoms with van der Waals surface area (Å²) in [5, 5.41) is 2.41. The highest BCUT2D eigenvalue weighted by atomic mass is 32.1. The highest BCUT2D eigenvalue weighted by molar-refractivity contribution is 7.17. The zero-order valence-electron chi connectivity index (χ0n) is 17.3. The third kappa shape index (κ3) is 4.36. The molecule has 31 heavy (non-hydrogen) atoms. The number of hydrogen-bond acceptors (Lipinski definition) is 6. The Morgan fingerprint density at radius 3 is 2.58 bits per heavy atom. The molecule has 0 bridgehead atoms. The van der Waals surface area contributed by atoms with E-state index in [1.54, 1.807) is 6.92 Å². The predicted molar refractivity (Wildman–Crippen MR) is 121 cm³/mol. The minimum absolute atomic E-state index is 0.157. The first-order valence-electron chi connectivity index (χ1n) is 10.0. The Labute approximate surface area is 183 Å². The number of fused-ring (bicyclic) bond motifs is 1. The summed E-state index contributed by atoms with van der Waals surface area (Å²) in [6, 6.07) is 16.2. The van der Waals surface area contributed by atoms with Crippen LogP contribution in [0.1, 0.15) is 25.5 Å². The number of carbonyl (C=O) groups excluding carboxylic acids is 1. The molecule has 158 valence electrons. The van der Waals surface area contributed by atoms with Gasteiger partial charge in [-0.05, 0) is 37.1 Å². The lowest BCUT2D eigenvalue weighted by Gasteiger charge is -2.14. The van der Waals surface area contributed by atoms with Crippen LogP contribution in [0.2, 0.25) is 0 Å². The topological polar surface area (TPSA) is 70.4 Å². The molecule has 7 heteroatoms. The SMILES string of the molecule is CCOc1ccc(-c2csc3ncn(C(C)C(=O)OCc4ccccc4)c(=O)c23)cc1. The molecular formula is C24H22N2O4S. The summed E-state index contributed by atoms with van der Waals surface area (Å²) in [7, 11) is 0. The van der Waals surface area contributed by atoms with Crippen LogP contribution < -0.4 is 10.3 Å². The highest BCUT2D eigenvalue weighted by Gasteiger charge is 2.21. The quantitative estimate of drug-likeness (QED) is 0.390. The number of carbonyl (C=O) groups is 1. The van der Waals surface area contributed by atoms with Gasteiger partial charge >= 0.3 is 5.97 Å². The van der Waals surface area contributed by atoms with E-state index in [0.29, 0.717) is 16.8 Å². The van der Waals surface area contributed by atoms with E-state index in [4.69, 9.17) is 9.47 Å². The van der Waals surface area contributed by atoms with E-state index in [-0.39, 0.29) is 12.2 Å². The molecule has 0 aliphatic rings. The fourth-order valence-electron chi connectivity index (χ4n) is 3.29. The van der Waals surface area contributed by atoms with Gasteiger partial charge in [0.25, 0.3) is 5.56 Å². The molecule has 1 atom stereocenters. The predicted octanol–water partition coefficient (Wildman–Crippen LogP) is 4.83. The second-order valence-corrected chi connectivity index (χ2v) is 7.87.